The molecule has 0 fully saturated rings. The van der Waals surface area contributed by atoms with Crippen LogP contribution in [0.15, 0.2) is 48.6 Å². The third kappa shape index (κ3) is 44.5. The lowest BCUT2D eigenvalue weighted by atomic mass is 10.1. The Labute approximate surface area is 358 Å². The number of hydrogen-bond donors (Lipinski definition) is 0. The molecule has 0 spiro atoms. The van der Waals surface area contributed by atoms with Crippen LogP contribution in [0.2, 0.25) is 0 Å². The first-order chi connectivity index (χ1) is 28.5. The summed E-state index contributed by atoms with van der Waals surface area (Å²) in [6, 6.07) is 0. The predicted octanol–water partition coefficient (Wildman–Crippen LogP) is 15.9. The number of unbranched alkanes of at least 4 members (excludes halogenated alkanes) is 26. The Balaban J connectivity index is 4.36. The maximum absolute atomic E-state index is 12.7. The Hall–Kier alpha value is -2.63. The first kappa shape index (κ1) is 55.4. The van der Waals surface area contributed by atoms with Gasteiger partial charge in [0, 0.05) is 19.3 Å². The minimum atomic E-state index is -0.782. The molecule has 0 amide bonds. The molecule has 0 rings (SSSR count). The van der Waals surface area contributed by atoms with Gasteiger partial charge in [-0.25, -0.2) is 0 Å². The Morgan fingerprint density at radius 3 is 1.14 bits per heavy atom. The molecule has 0 aliphatic heterocycles. The van der Waals surface area contributed by atoms with Crippen LogP contribution in [-0.2, 0) is 28.6 Å². The Morgan fingerprint density at radius 1 is 0.379 bits per heavy atom. The van der Waals surface area contributed by atoms with E-state index in [0.29, 0.717) is 19.3 Å². The van der Waals surface area contributed by atoms with Crippen molar-refractivity contribution in [1.29, 1.82) is 0 Å². The SMILES string of the molecule is CC/C=C\C/C=C\CCCCCCCC(=O)OC(COC(=O)CCCCCCC/C=C\C=C/CCCCCCCCC)COC(=O)CCCCCCCCCCCC. The molecule has 0 aliphatic rings. The van der Waals surface area contributed by atoms with Crippen LogP contribution in [0, 0.1) is 0 Å². The highest BCUT2D eigenvalue weighted by Gasteiger charge is 2.19. The van der Waals surface area contributed by atoms with Crippen LogP contribution in [0.25, 0.3) is 0 Å². The summed E-state index contributed by atoms with van der Waals surface area (Å²) in [6.07, 6.45) is 55.2. The molecule has 0 N–H and O–H groups in total. The van der Waals surface area contributed by atoms with E-state index in [2.05, 4.69) is 69.4 Å². The molecule has 336 valence electrons. The Kier molecular flexibility index (Phi) is 44.9. The molecule has 6 heteroatoms. The topological polar surface area (TPSA) is 78.9 Å². The lowest BCUT2D eigenvalue weighted by molar-refractivity contribution is -0.167. The van der Waals surface area contributed by atoms with Crippen molar-refractivity contribution in [2.45, 2.75) is 252 Å². The van der Waals surface area contributed by atoms with Crippen LogP contribution in [0.4, 0.5) is 0 Å². The highest BCUT2D eigenvalue weighted by atomic mass is 16.6. The Bertz CT molecular complexity index is 1030. The summed E-state index contributed by atoms with van der Waals surface area (Å²) in [4.78, 5) is 37.8. The summed E-state index contributed by atoms with van der Waals surface area (Å²) in [7, 11) is 0. The van der Waals surface area contributed by atoms with Crippen molar-refractivity contribution in [3.63, 3.8) is 0 Å². The fraction of sp³-hybridized carbons (Fsp3) is 0.788. The highest BCUT2D eigenvalue weighted by molar-refractivity contribution is 5.71. The monoisotopic (exact) mass is 813 g/mol. The average Bonchev–Trinajstić information content (AvgIpc) is 3.22. The average molecular weight is 813 g/mol. The molecule has 0 heterocycles. The summed E-state index contributed by atoms with van der Waals surface area (Å²) in [6.45, 7) is 6.49. The molecule has 0 radical (unpaired) electrons. The molecular formula is C52H92O6. The third-order valence-electron chi connectivity index (χ3n) is 10.6. The molecule has 0 bridgehead atoms. The zero-order valence-electron chi connectivity index (χ0n) is 38.3. The molecule has 1 atom stereocenters. The summed E-state index contributed by atoms with van der Waals surface area (Å²) < 4.78 is 16.7. The number of esters is 3. The van der Waals surface area contributed by atoms with Crippen molar-refractivity contribution in [3.8, 4) is 0 Å². The van der Waals surface area contributed by atoms with Gasteiger partial charge in [0.1, 0.15) is 13.2 Å². The van der Waals surface area contributed by atoms with Gasteiger partial charge in [-0.15, -0.1) is 0 Å². The van der Waals surface area contributed by atoms with Crippen LogP contribution in [0.1, 0.15) is 245 Å². The number of ether oxygens (including phenoxy) is 3. The van der Waals surface area contributed by atoms with Gasteiger partial charge in [-0.2, -0.15) is 0 Å². The van der Waals surface area contributed by atoms with Crippen LogP contribution in [-0.4, -0.2) is 37.2 Å². The number of hydrogen-bond acceptors (Lipinski definition) is 6. The number of rotatable bonds is 44. The minimum absolute atomic E-state index is 0.0825. The van der Waals surface area contributed by atoms with Gasteiger partial charge in [0.15, 0.2) is 6.10 Å². The summed E-state index contributed by atoms with van der Waals surface area (Å²) in [5.41, 5.74) is 0. The number of carbonyl (C=O) groups excluding carboxylic acids is 3. The minimum Gasteiger partial charge on any atom is -0.462 e. The molecule has 0 aromatic rings. The lowest BCUT2D eigenvalue weighted by Crippen LogP contribution is -2.30. The van der Waals surface area contributed by atoms with Crippen molar-refractivity contribution in [3.05, 3.63) is 48.6 Å². The largest absolute Gasteiger partial charge is 0.462 e. The van der Waals surface area contributed by atoms with Crippen molar-refractivity contribution < 1.29 is 28.6 Å². The van der Waals surface area contributed by atoms with Gasteiger partial charge in [-0.1, -0.05) is 204 Å². The molecule has 0 saturated carbocycles. The van der Waals surface area contributed by atoms with Crippen molar-refractivity contribution in [2.75, 3.05) is 13.2 Å². The van der Waals surface area contributed by atoms with Crippen molar-refractivity contribution >= 4 is 17.9 Å². The van der Waals surface area contributed by atoms with E-state index in [-0.39, 0.29) is 31.1 Å². The maximum Gasteiger partial charge on any atom is 0.306 e. The first-order valence-corrected chi connectivity index (χ1v) is 24.7. The summed E-state index contributed by atoms with van der Waals surface area (Å²) in [5, 5.41) is 0. The van der Waals surface area contributed by atoms with E-state index >= 15 is 0 Å². The maximum atomic E-state index is 12.7. The fourth-order valence-corrected chi connectivity index (χ4v) is 6.88. The van der Waals surface area contributed by atoms with Gasteiger partial charge < -0.3 is 14.2 Å². The van der Waals surface area contributed by atoms with Crippen molar-refractivity contribution in [2.24, 2.45) is 0 Å². The van der Waals surface area contributed by atoms with Gasteiger partial charge >= 0.3 is 17.9 Å². The molecular weight excluding hydrogens is 721 g/mol. The number of allylic oxidation sites excluding steroid dienone is 8. The molecule has 0 aromatic heterocycles. The fourth-order valence-electron chi connectivity index (χ4n) is 6.88. The van der Waals surface area contributed by atoms with E-state index in [1.54, 1.807) is 0 Å². The van der Waals surface area contributed by atoms with E-state index in [9.17, 15) is 14.4 Å². The van der Waals surface area contributed by atoms with E-state index in [0.717, 1.165) is 109 Å². The van der Waals surface area contributed by atoms with Crippen LogP contribution in [0.5, 0.6) is 0 Å². The molecule has 6 nitrogen and oxygen atoms in total. The van der Waals surface area contributed by atoms with Crippen molar-refractivity contribution in [1.82, 2.24) is 0 Å². The van der Waals surface area contributed by atoms with Gasteiger partial charge in [-0.05, 0) is 70.6 Å². The lowest BCUT2D eigenvalue weighted by Gasteiger charge is -2.18. The summed E-state index contributed by atoms with van der Waals surface area (Å²) >= 11 is 0. The van der Waals surface area contributed by atoms with Gasteiger partial charge in [0.25, 0.3) is 0 Å². The molecule has 58 heavy (non-hydrogen) atoms. The Morgan fingerprint density at radius 2 is 0.724 bits per heavy atom. The zero-order valence-corrected chi connectivity index (χ0v) is 38.3. The van der Waals surface area contributed by atoms with Gasteiger partial charge in [0.05, 0.1) is 0 Å². The molecule has 0 saturated heterocycles. The second-order valence-corrected chi connectivity index (χ2v) is 16.4. The van der Waals surface area contributed by atoms with Gasteiger partial charge in [0.2, 0.25) is 0 Å². The quantitative estimate of drug-likeness (QED) is 0.0200. The smallest absolute Gasteiger partial charge is 0.306 e. The van der Waals surface area contributed by atoms with E-state index in [4.69, 9.17) is 14.2 Å². The first-order valence-electron chi connectivity index (χ1n) is 24.7. The van der Waals surface area contributed by atoms with E-state index in [1.165, 1.54) is 96.3 Å². The van der Waals surface area contributed by atoms with Crippen LogP contribution >= 0.6 is 0 Å². The van der Waals surface area contributed by atoms with E-state index < -0.39 is 6.10 Å². The highest BCUT2D eigenvalue weighted by Crippen LogP contribution is 2.14. The standard InChI is InChI=1S/C52H92O6/c1-4-7-10-13-16-19-22-24-25-26-27-28-29-31-33-36-39-42-45-51(54)57-48-49(47-56-50(53)44-41-38-35-32-21-18-15-12-9-6-3)58-52(55)46-43-40-37-34-30-23-20-17-14-11-8-5-2/h8,11,17,20,25-28,49H,4-7,9-10,12-16,18-19,21-24,29-48H2,1-3H3/b11-8-,20-17-,26-25-,28-27-. The van der Waals surface area contributed by atoms with E-state index in [1.807, 2.05) is 0 Å². The second kappa shape index (κ2) is 47.1. The number of carbonyl (C=O) groups is 3. The van der Waals surface area contributed by atoms with Crippen LogP contribution in [0.3, 0.4) is 0 Å². The normalized spacial score (nSPS) is 12.4. The summed E-state index contributed by atoms with van der Waals surface area (Å²) in [5.74, 6) is -0.912. The zero-order chi connectivity index (χ0) is 42.3. The molecule has 1 unspecified atom stereocenters. The molecule has 0 aromatic carbocycles. The second-order valence-electron chi connectivity index (χ2n) is 16.4. The third-order valence-corrected chi connectivity index (χ3v) is 10.6. The van der Waals surface area contributed by atoms with Gasteiger partial charge in [-0.3, -0.25) is 14.4 Å². The predicted molar refractivity (Wildman–Crippen MR) is 247 cm³/mol. The molecule has 0 aliphatic carbocycles. The van der Waals surface area contributed by atoms with Crippen LogP contribution < -0.4 is 0 Å².